The standard InChI is InChI=1S/C18H18N2O4/c21-13-5-1-3-11(7-13)9-15-17(23)20-16(18(24)19-15)10-12-4-2-6-14(22)8-12/h1-8,15-16,21-22H,9-10H2,(H,19,24)(H,20,23)/t15-,16-/m0/s1. The summed E-state index contributed by atoms with van der Waals surface area (Å²) >= 11 is 0. The third-order valence-electron chi connectivity index (χ3n) is 3.97. The molecule has 2 amide bonds. The fraction of sp³-hybridized carbons (Fsp3) is 0.222. The predicted molar refractivity (Wildman–Crippen MR) is 87.5 cm³/mol. The number of benzene rings is 2. The lowest BCUT2D eigenvalue weighted by Gasteiger charge is -2.29. The first kappa shape index (κ1) is 15.9. The Hall–Kier alpha value is -3.02. The fourth-order valence-electron chi connectivity index (χ4n) is 2.80. The van der Waals surface area contributed by atoms with Crippen molar-refractivity contribution >= 4 is 11.8 Å². The molecule has 6 heteroatoms. The maximum Gasteiger partial charge on any atom is 0.243 e. The van der Waals surface area contributed by atoms with Gasteiger partial charge in [-0.2, -0.15) is 0 Å². The minimum absolute atomic E-state index is 0.122. The highest BCUT2D eigenvalue weighted by atomic mass is 16.3. The monoisotopic (exact) mass is 326 g/mol. The first-order valence-electron chi connectivity index (χ1n) is 7.68. The summed E-state index contributed by atoms with van der Waals surface area (Å²) < 4.78 is 0. The first-order valence-corrected chi connectivity index (χ1v) is 7.68. The maximum atomic E-state index is 12.3. The van der Waals surface area contributed by atoms with Crippen LogP contribution in [0, 0.1) is 0 Å². The summed E-state index contributed by atoms with van der Waals surface area (Å²) in [5.74, 6) is -0.278. The van der Waals surface area contributed by atoms with E-state index in [4.69, 9.17) is 0 Å². The van der Waals surface area contributed by atoms with Gasteiger partial charge in [-0.05, 0) is 35.4 Å². The highest BCUT2D eigenvalue weighted by Crippen LogP contribution is 2.16. The van der Waals surface area contributed by atoms with E-state index in [1.54, 1.807) is 48.5 Å². The molecule has 0 aromatic heterocycles. The summed E-state index contributed by atoms with van der Waals surface area (Å²) in [6, 6.07) is 11.9. The van der Waals surface area contributed by atoms with Gasteiger partial charge in [-0.15, -0.1) is 0 Å². The molecule has 2 atom stereocenters. The predicted octanol–water partition coefficient (Wildman–Crippen LogP) is 0.866. The maximum absolute atomic E-state index is 12.3. The molecular weight excluding hydrogens is 308 g/mol. The van der Waals surface area contributed by atoms with Gasteiger partial charge in [0.15, 0.2) is 0 Å². The van der Waals surface area contributed by atoms with Crippen molar-refractivity contribution in [3.63, 3.8) is 0 Å². The van der Waals surface area contributed by atoms with E-state index in [0.29, 0.717) is 12.8 Å². The van der Waals surface area contributed by atoms with E-state index >= 15 is 0 Å². The summed E-state index contributed by atoms with van der Waals surface area (Å²) in [6.07, 6.45) is 0.621. The number of rotatable bonds is 4. The second-order valence-electron chi connectivity index (χ2n) is 5.87. The molecule has 0 spiro atoms. The highest BCUT2D eigenvalue weighted by Gasteiger charge is 2.33. The van der Waals surface area contributed by atoms with Crippen molar-refractivity contribution < 1.29 is 19.8 Å². The van der Waals surface area contributed by atoms with Crippen molar-refractivity contribution in [3.05, 3.63) is 59.7 Å². The van der Waals surface area contributed by atoms with Crippen LogP contribution in [0.1, 0.15) is 11.1 Å². The van der Waals surface area contributed by atoms with Crippen molar-refractivity contribution in [1.29, 1.82) is 0 Å². The van der Waals surface area contributed by atoms with Gasteiger partial charge in [-0.25, -0.2) is 0 Å². The van der Waals surface area contributed by atoms with E-state index in [9.17, 15) is 19.8 Å². The zero-order valence-corrected chi connectivity index (χ0v) is 12.9. The van der Waals surface area contributed by atoms with Crippen molar-refractivity contribution in [2.45, 2.75) is 24.9 Å². The molecule has 1 aliphatic heterocycles. The largest absolute Gasteiger partial charge is 0.508 e. The molecule has 1 fully saturated rings. The van der Waals surface area contributed by atoms with Crippen molar-refractivity contribution in [3.8, 4) is 11.5 Å². The molecule has 124 valence electrons. The van der Waals surface area contributed by atoms with Crippen LogP contribution in [0.3, 0.4) is 0 Å². The molecule has 1 aliphatic rings. The molecule has 0 bridgehead atoms. The Labute approximate surface area is 139 Å². The van der Waals surface area contributed by atoms with Crippen LogP contribution < -0.4 is 10.6 Å². The number of phenolic OH excluding ortho intramolecular Hbond substituents is 2. The van der Waals surface area contributed by atoms with E-state index in [1.807, 2.05) is 0 Å². The summed E-state index contributed by atoms with van der Waals surface area (Å²) in [4.78, 5) is 24.5. The number of aromatic hydroxyl groups is 2. The number of carbonyl (C=O) groups is 2. The van der Waals surface area contributed by atoms with Gasteiger partial charge in [0.05, 0.1) is 0 Å². The molecule has 2 aromatic rings. The SMILES string of the molecule is O=C1N[C@@H](Cc2cccc(O)c2)C(=O)N[C@H]1Cc1cccc(O)c1. The first-order chi connectivity index (χ1) is 11.5. The Morgan fingerprint density at radius 3 is 1.54 bits per heavy atom. The van der Waals surface area contributed by atoms with Crippen LogP contribution in [0.2, 0.25) is 0 Å². The van der Waals surface area contributed by atoms with E-state index in [1.165, 1.54) is 0 Å². The van der Waals surface area contributed by atoms with E-state index in [0.717, 1.165) is 11.1 Å². The van der Waals surface area contributed by atoms with Crippen LogP contribution in [-0.2, 0) is 22.4 Å². The minimum atomic E-state index is -0.667. The molecule has 3 rings (SSSR count). The summed E-state index contributed by atoms with van der Waals surface area (Å²) in [5, 5.41) is 24.4. The lowest BCUT2D eigenvalue weighted by atomic mass is 9.98. The number of nitrogens with one attached hydrogen (secondary N) is 2. The van der Waals surface area contributed by atoms with Crippen LogP contribution in [0.4, 0.5) is 0 Å². The molecule has 1 saturated heterocycles. The molecule has 1 heterocycles. The number of carbonyl (C=O) groups excluding carboxylic acids is 2. The smallest absolute Gasteiger partial charge is 0.243 e. The van der Waals surface area contributed by atoms with Crippen LogP contribution >= 0.6 is 0 Å². The van der Waals surface area contributed by atoms with Gasteiger partial charge in [0.1, 0.15) is 23.6 Å². The van der Waals surface area contributed by atoms with Crippen LogP contribution in [0.15, 0.2) is 48.5 Å². The number of hydrogen-bond donors (Lipinski definition) is 4. The number of piperazine rings is 1. The molecule has 2 aromatic carbocycles. The van der Waals surface area contributed by atoms with Gasteiger partial charge in [0.2, 0.25) is 11.8 Å². The fourth-order valence-corrected chi connectivity index (χ4v) is 2.80. The quantitative estimate of drug-likeness (QED) is 0.670. The van der Waals surface area contributed by atoms with Crippen LogP contribution in [0.5, 0.6) is 11.5 Å². The van der Waals surface area contributed by atoms with Gasteiger partial charge in [-0.1, -0.05) is 24.3 Å². The molecule has 24 heavy (non-hydrogen) atoms. The van der Waals surface area contributed by atoms with Gasteiger partial charge in [0, 0.05) is 12.8 Å². The van der Waals surface area contributed by atoms with E-state index < -0.39 is 12.1 Å². The Morgan fingerprint density at radius 2 is 1.17 bits per heavy atom. The zero-order valence-electron chi connectivity index (χ0n) is 12.9. The Balaban J connectivity index is 1.66. The number of phenols is 2. The van der Waals surface area contributed by atoms with Gasteiger partial charge >= 0.3 is 0 Å². The molecule has 0 saturated carbocycles. The average Bonchev–Trinajstić information content (AvgIpc) is 2.52. The Kier molecular flexibility index (Phi) is 4.37. The summed E-state index contributed by atoms with van der Waals surface area (Å²) in [6.45, 7) is 0. The van der Waals surface area contributed by atoms with Crippen LogP contribution in [0.25, 0.3) is 0 Å². The second-order valence-corrected chi connectivity index (χ2v) is 5.87. The van der Waals surface area contributed by atoms with Crippen molar-refractivity contribution in [1.82, 2.24) is 10.6 Å². The van der Waals surface area contributed by atoms with Crippen molar-refractivity contribution in [2.75, 3.05) is 0 Å². The normalized spacial score (nSPS) is 20.3. The zero-order chi connectivity index (χ0) is 17.1. The third-order valence-corrected chi connectivity index (χ3v) is 3.97. The topological polar surface area (TPSA) is 98.7 Å². The van der Waals surface area contributed by atoms with Gasteiger partial charge < -0.3 is 20.8 Å². The lowest BCUT2D eigenvalue weighted by molar-refractivity contribution is -0.136. The molecular formula is C18H18N2O4. The molecule has 0 radical (unpaired) electrons. The molecule has 0 unspecified atom stereocenters. The molecule has 4 N–H and O–H groups in total. The molecule has 6 nitrogen and oxygen atoms in total. The van der Waals surface area contributed by atoms with E-state index in [-0.39, 0.29) is 23.3 Å². The lowest BCUT2D eigenvalue weighted by Crippen LogP contribution is -2.62. The van der Waals surface area contributed by atoms with Crippen LogP contribution in [-0.4, -0.2) is 34.1 Å². The van der Waals surface area contributed by atoms with Crippen molar-refractivity contribution in [2.24, 2.45) is 0 Å². The average molecular weight is 326 g/mol. The Bertz CT molecular complexity index is 710. The summed E-state index contributed by atoms with van der Waals surface area (Å²) in [7, 11) is 0. The second kappa shape index (κ2) is 6.62. The van der Waals surface area contributed by atoms with Gasteiger partial charge in [0.25, 0.3) is 0 Å². The Morgan fingerprint density at radius 1 is 0.750 bits per heavy atom. The van der Waals surface area contributed by atoms with Gasteiger partial charge in [-0.3, -0.25) is 9.59 Å². The van der Waals surface area contributed by atoms with E-state index in [2.05, 4.69) is 10.6 Å². The molecule has 0 aliphatic carbocycles. The minimum Gasteiger partial charge on any atom is -0.508 e. The highest BCUT2D eigenvalue weighted by molar-refractivity contribution is 5.97. The summed E-state index contributed by atoms with van der Waals surface area (Å²) in [5.41, 5.74) is 1.53. The number of amides is 2. The third kappa shape index (κ3) is 3.65. The number of hydrogen-bond acceptors (Lipinski definition) is 4.